The molecule has 1 aromatic heterocycles. The van der Waals surface area contributed by atoms with Crippen LogP contribution in [-0.2, 0) is 11.3 Å². The summed E-state index contributed by atoms with van der Waals surface area (Å²) in [6.07, 6.45) is 4.73. The van der Waals surface area contributed by atoms with E-state index in [2.05, 4.69) is 20.6 Å². The molecule has 1 aromatic carbocycles. The van der Waals surface area contributed by atoms with Gasteiger partial charge in [0.1, 0.15) is 11.9 Å². The molecule has 3 rings (SSSR count). The monoisotopic (exact) mass is 414 g/mol. The zero-order chi connectivity index (χ0) is 21.3. The minimum atomic E-state index is -0.581. The molecule has 1 aliphatic heterocycles. The van der Waals surface area contributed by atoms with E-state index in [1.807, 2.05) is 11.8 Å². The van der Waals surface area contributed by atoms with Crippen molar-refractivity contribution in [1.29, 1.82) is 0 Å². The third kappa shape index (κ3) is 5.88. The molecule has 0 radical (unpaired) electrons. The van der Waals surface area contributed by atoms with Crippen molar-refractivity contribution < 1.29 is 14.0 Å². The van der Waals surface area contributed by atoms with E-state index in [-0.39, 0.29) is 18.3 Å². The lowest BCUT2D eigenvalue weighted by molar-refractivity contribution is -0.133. The Morgan fingerprint density at radius 2 is 1.77 bits per heavy atom. The van der Waals surface area contributed by atoms with E-state index in [1.165, 1.54) is 12.1 Å². The molecule has 0 bridgehead atoms. The van der Waals surface area contributed by atoms with Gasteiger partial charge in [0.2, 0.25) is 11.9 Å². The maximum Gasteiger partial charge on any atom is 0.315 e. The maximum atomic E-state index is 13.0. The number of piperazine rings is 1. The first kappa shape index (κ1) is 21.5. The Kier molecular flexibility index (Phi) is 7.53. The summed E-state index contributed by atoms with van der Waals surface area (Å²) in [7, 11) is 0. The third-order valence-corrected chi connectivity index (χ3v) is 4.97. The number of hydrogen-bond acceptors (Lipinski definition) is 5. The first-order valence-corrected chi connectivity index (χ1v) is 10.2. The summed E-state index contributed by atoms with van der Waals surface area (Å²) < 4.78 is 13.0. The summed E-state index contributed by atoms with van der Waals surface area (Å²) in [5.41, 5.74) is 0.782. The van der Waals surface area contributed by atoms with Crippen LogP contribution in [0.4, 0.5) is 15.1 Å². The second-order valence-electron chi connectivity index (χ2n) is 7.16. The van der Waals surface area contributed by atoms with Crippen LogP contribution in [0.25, 0.3) is 0 Å². The molecule has 1 unspecified atom stereocenters. The Labute approximate surface area is 175 Å². The fourth-order valence-corrected chi connectivity index (χ4v) is 3.34. The number of amides is 3. The summed E-state index contributed by atoms with van der Waals surface area (Å²) in [4.78, 5) is 37.6. The van der Waals surface area contributed by atoms with Crippen molar-refractivity contribution in [2.24, 2.45) is 0 Å². The molecule has 1 aliphatic rings. The summed E-state index contributed by atoms with van der Waals surface area (Å²) in [5.74, 6) is 0.256. The second-order valence-corrected chi connectivity index (χ2v) is 7.16. The summed E-state index contributed by atoms with van der Waals surface area (Å²) in [6, 6.07) is 6.69. The van der Waals surface area contributed by atoms with Crippen molar-refractivity contribution in [3.63, 3.8) is 0 Å². The predicted octanol–water partition coefficient (Wildman–Crippen LogP) is 1.93. The summed E-state index contributed by atoms with van der Waals surface area (Å²) in [6.45, 7) is 4.63. The first-order chi connectivity index (χ1) is 14.6. The van der Waals surface area contributed by atoms with Gasteiger partial charge in [0, 0.05) is 45.1 Å². The van der Waals surface area contributed by atoms with Gasteiger partial charge in [-0.2, -0.15) is 0 Å². The van der Waals surface area contributed by atoms with Crippen molar-refractivity contribution in [1.82, 2.24) is 25.5 Å². The molecule has 30 heavy (non-hydrogen) atoms. The number of benzene rings is 1. The molecule has 0 spiro atoms. The Morgan fingerprint density at radius 3 is 2.40 bits per heavy atom. The van der Waals surface area contributed by atoms with E-state index in [9.17, 15) is 14.0 Å². The van der Waals surface area contributed by atoms with Gasteiger partial charge in [0.15, 0.2) is 0 Å². The highest BCUT2D eigenvalue weighted by Crippen LogP contribution is 2.12. The minimum absolute atomic E-state index is 0.0811. The lowest BCUT2D eigenvalue weighted by Crippen LogP contribution is -2.56. The van der Waals surface area contributed by atoms with Gasteiger partial charge in [-0.25, -0.2) is 19.2 Å². The molecule has 1 atom stereocenters. The van der Waals surface area contributed by atoms with E-state index in [0.717, 1.165) is 12.0 Å². The Balaban J connectivity index is 1.50. The van der Waals surface area contributed by atoms with E-state index in [0.29, 0.717) is 38.5 Å². The normalized spacial score (nSPS) is 14.9. The molecule has 2 heterocycles. The lowest BCUT2D eigenvalue weighted by atomic mass is 10.1. The highest BCUT2D eigenvalue weighted by molar-refractivity contribution is 5.87. The van der Waals surface area contributed by atoms with E-state index in [1.54, 1.807) is 35.5 Å². The molecule has 1 fully saturated rings. The minimum Gasteiger partial charge on any atom is -0.337 e. The van der Waals surface area contributed by atoms with Gasteiger partial charge in [-0.05, 0) is 30.2 Å². The van der Waals surface area contributed by atoms with Crippen molar-refractivity contribution >= 4 is 17.9 Å². The summed E-state index contributed by atoms with van der Waals surface area (Å²) in [5, 5.41) is 5.51. The van der Waals surface area contributed by atoms with Crippen molar-refractivity contribution in [2.75, 3.05) is 31.1 Å². The molecule has 8 nitrogen and oxygen atoms in total. The van der Waals surface area contributed by atoms with Crippen LogP contribution in [0, 0.1) is 5.82 Å². The molecule has 2 aromatic rings. The zero-order valence-electron chi connectivity index (χ0n) is 17.1. The van der Waals surface area contributed by atoms with Crippen molar-refractivity contribution in [3.05, 3.63) is 54.1 Å². The average molecular weight is 414 g/mol. The smallest absolute Gasteiger partial charge is 0.315 e. The number of rotatable bonds is 7. The highest BCUT2D eigenvalue weighted by Gasteiger charge is 2.28. The summed E-state index contributed by atoms with van der Waals surface area (Å²) >= 11 is 0. The van der Waals surface area contributed by atoms with Crippen LogP contribution in [0.2, 0.25) is 0 Å². The predicted molar refractivity (Wildman–Crippen MR) is 111 cm³/mol. The first-order valence-electron chi connectivity index (χ1n) is 10.2. The number of halogens is 1. The zero-order valence-corrected chi connectivity index (χ0v) is 17.1. The molecule has 3 amide bonds. The largest absolute Gasteiger partial charge is 0.337 e. The van der Waals surface area contributed by atoms with E-state index >= 15 is 0 Å². The van der Waals surface area contributed by atoms with E-state index in [4.69, 9.17) is 0 Å². The number of aromatic nitrogens is 2. The fourth-order valence-electron chi connectivity index (χ4n) is 3.34. The van der Waals surface area contributed by atoms with Gasteiger partial charge in [-0.1, -0.05) is 25.5 Å². The molecule has 9 heteroatoms. The molecule has 1 saturated heterocycles. The Morgan fingerprint density at radius 1 is 1.10 bits per heavy atom. The van der Waals surface area contributed by atoms with Gasteiger partial charge in [0.05, 0.1) is 0 Å². The van der Waals surface area contributed by atoms with Gasteiger partial charge in [-0.15, -0.1) is 0 Å². The van der Waals surface area contributed by atoms with Crippen LogP contribution in [0.5, 0.6) is 0 Å². The van der Waals surface area contributed by atoms with Gasteiger partial charge in [-0.3, -0.25) is 4.79 Å². The molecular formula is C21H27FN6O2. The Hall–Kier alpha value is -3.23. The fraction of sp³-hybridized carbons (Fsp3) is 0.429. The highest BCUT2D eigenvalue weighted by atomic mass is 19.1. The number of carbonyl (C=O) groups is 2. The van der Waals surface area contributed by atoms with Crippen LogP contribution in [0.15, 0.2) is 42.7 Å². The quantitative estimate of drug-likeness (QED) is 0.723. The lowest BCUT2D eigenvalue weighted by Gasteiger charge is -2.36. The van der Waals surface area contributed by atoms with Gasteiger partial charge in [0.25, 0.3) is 0 Å². The second kappa shape index (κ2) is 10.5. The topological polar surface area (TPSA) is 90.5 Å². The third-order valence-electron chi connectivity index (χ3n) is 4.97. The maximum absolute atomic E-state index is 13.0. The SMILES string of the molecule is CCCC(NC(=O)NCc1ccc(F)cc1)C(=O)N1CCN(c2ncccn2)CC1. The van der Waals surface area contributed by atoms with Crippen LogP contribution in [0.3, 0.4) is 0 Å². The standard InChI is InChI=1S/C21H27FN6O2/c1-2-4-18(26-21(30)25-15-16-5-7-17(22)8-6-16)19(29)27-11-13-28(14-12-27)20-23-9-3-10-24-20/h3,5-10,18H,2,4,11-15H2,1H3,(H2,25,26,30). The number of carbonyl (C=O) groups excluding carboxylic acids is 2. The molecule has 2 N–H and O–H groups in total. The van der Waals surface area contributed by atoms with Crippen LogP contribution in [-0.4, -0.2) is 59.0 Å². The number of anilines is 1. The van der Waals surface area contributed by atoms with Crippen LogP contribution < -0.4 is 15.5 Å². The number of hydrogen-bond donors (Lipinski definition) is 2. The van der Waals surface area contributed by atoms with Crippen LogP contribution in [0.1, 0.15) is 25.3 Å². The molecule has 160 valence electrons. The van der Waals surface area contributed by atoms with Crippen molar-refractivity contribution in [2.45, 2.75) is 32.4 Å². The van der Waals surface area contributed by atoms with Gasteiger partial charge < -0.3 is 20.4 Å². The number of nitrogens with one attached hydrogen (secondary N) is 2. The molecule has 0 saturated carbocycles. The van der Waals surface area contributed by atoms with Crippen LogP contribution >= 0.6 is 0 Å². The number of urea groups is 1. The van der Waals surface area contributed by atoms with Crippen molar-refractivity contribution in [3.8, 4) is 0 Å². The van der Waals surface area contributed by atoms with E-state index < -0.39 is 12.1 Å². The molecule has 0 aliphatic carbocycles. The Bertz CT molecular complexity index is 825. The number of nitrogens with zero attached hydrogens (tertiary/aromatic N) is 4. The van der Waals surface area contributed by atoms with Gasteiger partial charge >= 0.3 is 6.03 Å². The average Bonchev–Trinajstić information content (AvgIpc) is 2.78. The molecular weight excluding hydrogens is 387 g/mol.